The molecule has 0 aliphatic heterocycles. The van der Waals surface area contributed by atoms with Crippen LogP contribution >= 0.6 is 0 Å². The van der Waals surface area contributed by atoms with Crippen LogP contribution in [0, 0.1) is 0 Å². The fourth-order valence-electron chi connectivity index (χ4n) is 1.57. The molecule has 1 nitrogen and oxygen atoms in total. The van der Waals surface area contributed by atoms with E-state index in [1.54, 1.807) is 12.2 Å². The van der Waals surface area contributed by atoms with Gasteiger partial charge in [0.1, 0.15) is 5.83 Å². The smallest absolute Gasteiger partial charge is 0.104 e. The monoisotopic (exact) mass is 239 g/mol. The van der Waals surface area contributed by atoms with Gasteiger partial charge in [-0.2, -0.15) is 0 Å². The van der Waals surface area contributed by atoms with Crippen LogP contribution in [0.3, 0.4) is 0 Å². The van der Waals surface area contributed by atoms with Crippen LogP contribution < -0.4 is 0 Å². The van der Waals surface area contributed by atoms with Gasteiger partial charge in [0, 0.05) is 26.2 Å². The van der Waals surface area contributed by atoms with E-state index in [-0.39, 0.29) is 5.83 Å². The Labute approximate surface area is 106 Å². The van der Waals surface area contributed by atoms with Gasteiger partial charge in [0.25, 0.3) is 0 Å². The first kappa shape index (κ1) is 16.0. The topological polar surface area (TPSA) is 3.24 Å². The highest BCUT2D eigenvalue weighted by Gasteiger charge is 2.07. The highest BCUT2D eigenvalue weighted by atomic mass is 19.1. The quantitative estimate of drug-likeness (QED) is 0.575. The molecule has 98 valence electrons. The van der Waals surface area contributed by atoms with Crippen LogP contribution in [0.5, 0.6) is 0 Å². The molecule has 0 heterocycles. The van der Waals surface area contributed by atoms with Crippen molar-refractivity contribution in [2.75, 3.05) is 14.1 Å². The Bertz CT molecular complexity index is 298. The molecule has 0 saturated heterocycles. The van der Waals surface area contributed by atoms with Crippen molar-refractivity contribution in [1.82, 2.24) is 4.90 Å². The maximum absolute atomic E-state index is 13.6. The number of halogens is 1. The lowest BCUT2D eigenvalue weighted by molar-refractivity contribution is 0.493. The molecule has 0 rings (SSSR count). The van der Waals surface area contributed by atoms with E-state index >= 15 is 0 Å². The zero-order valence-corrected chi connectivity index (χ0v) is 11.9. The number of nitrogens with zero attached hydrogens (tertiary/aromatic N) is 1. The van der Waals surface area contributed by atoms with E-state index in [1.165, 1.54) is 11.3 Å². The third kappa shape index (κ3) is 6.98. The first-order valence-corrected chi connectivity index (χ1v) is 6.36. The summed E-state index contributed by atoms with van der Waals surface area (Å²) < 4.78 is 13.6. The lowest BCUT2D eigenvalue weighted by Gasteiger charge is -2.18. The van der Waals surface area contributed by atoms with Gasteiger partial charge < -0.3 is 4.90 Å². The second-order valence-corrected chi connectivity index (χ2v) is 4.50. The number of unbranched alkanes of at least 4 members (excludes halogenated alkanes) is 1. The molecule has 0 N–H and O–H groups in total. The van der Waals surface area contributed by atoms with E-state index in [2.05, 4.69) is 18.7 Å². The Balaban J connectivity index is 4.77. The van der Waals surface area contributed by atoms with Gasteiger partial charge in [0.15, 0.2) is 0 Å². The van der Waals surface area contributed by atoms with Crippen molar-refractivity contribution in [2.24, 2.45) is 0 Å². The highest BCUT2D eigenvalue weighted by Crippen LogP contribution is 2.22. The fraction of sp³-hybridized carbons (Fsp3) is 0.600. The molecule has 2 heteroatoms. The van der Waals surface area contributed by atoms with Crippen LogP contribution in [-0.4, -0.2) is 19.0 Å². The van der Waals surface area contributed by atoms with Crippen molar-refractivity contribution in [2.45, 2.75) is 46.5 Å². The molecule has 0 saturated carbocycles. The van der Waals surface area contributed by atoms with Crippen LogP contribution in [0.25, 0.3) is 0 Å². The predicted octanol–water partition coefficient (Wildman–Crippen LogP) is 4.83. The maximum Gasteiger partial charge on any atom is 0.104 e. The first-order valence-electron chi connectivity index (χ1n) is 6.36. The van der Waals surface area contributed by atoms with Gasteiger partial charge in [-0.15, -0.1) is 0 Å². The van der Waals surface area contributed by atoms with Gasteiger partial charge in [-0.3, -0.25) is 0 Å². The van der Waals surface area contributed by atoms with Crippen molar-refractivity contribution in [3.8, 4) is 0 Å². The standard InChI is InChI=1S/C15H26FN/c1-6-8-10-14(13(3)17(4)5)12-15(16)11-9-7-2/h7,9,11H,6,8,10,12H2,1-5H3/b9-7-,14-13-,15-11+. The number of rotatable bonds is 7. The van der Waals surface area contributed by atoms with E-state index < -0.39 is 0 Å². The van der Waals surface area contributed by atoms with Crippen LogP contribution in [0.1, 0.15) is 46.5 Å². The van der Waals surface area contributed by atoms with Crippen LogP contribution in [0.4, 0.5) is 4.39 Å². The van der Waals surface area contributed by atoms with E-state index in [0.29, 0.717) is 6.42 Å². The molecule has 0 aromatic rings. The molecule has 0 aromatic carbocycles. The summed E-state index contributed by atoms with van der Waals surface area (Å²) in [4.78, 5) is 2.06. The van der Waals surface area contributed by atoms with Crippen LogP contribution in [-0.2, 0) is 0 Å². The van der Waals surface area contributed by atoms with Gasteiger partial charge in [-0.1, -0.05) is 25.5 Å². The van der Waals surface area contributed by atoms with E-state index in [4.69, 9.17) is 0 Å². The Morgan fingerprint density at radius 2 is 1.94 bits per heavy atom. The third-order valence-electron chi connectivity index (χ3n) is 2.87. The molecule has 0 unspecified atom stereocenters. The number of allylic oxidation sites excluding steroid dienone is 6. The summed E-state index contributed by atoms with van der Waals surface area (Å²) in [5.41, 5.74) is 2.39. The molecule has 0 fully saturated rings. The lowest BCUT2D eigenvalue weighted by Crippen LogP contribution is -2.11. The molecular weight excluding hydrogens is 213 g/mol. The summed E-state index contributed by atoms with van der Waals surface area (Å²) >= 11 is 0. The molecule has 0 aliphatic carbocycles. The van der Waals surface area contributed by atoms with Crippen molar-refractivity contribution in [3.05, 3.63) is 35.3 Å². The minimum absolute atomic E-state index is 0.0598. The molecule has 17 heavy (non-hydrogen) atoms. The van der Waals surface area contributed by atoms with Crippen LogP contribution in [0.2, 0.25) is 0 Å². The molecule has 0 spiro atoms. The lowest BCUT2D eigenvalue weighted by atomic mass is 10.0. The zero-order valence-electron chi connectivity index (χ0n) is 11.9. The SMILES string of the molecule is C/C=C\C=C(\F)C/C(CCCC)=C(/C)N(C)C. The second-order valence-electron chi connectivity index (χ2n) is 4.50. The Morgan fingerprint density at radius 3 is 2.41 bits per heavy atom. The number of hydrogen-bond acceptors (Lipinski definition) is 1. The second kappa shape index (κ2) is 9.03. The summed E-state index contributed by atoms with van der Waals surface area (Å²) in [5, 5.41) is 0. The van der Waals surface area contributed by atoms with Gasteiger partial charge in [0.05, 0.1) is 0 Å². The molecule has 0 amide bonds. The predicted molar refractivity (Wildman–Crippen MR) is 74.5 cm³/mol. The number of hydrogen-bond donors (Lipinski definition) is 0. The van der Waals surface area contributed by atoms with Crippen molar-refractivity contribution in [1.29, 1.82) is 0 Å². The molecular formula is C15H26FN. The Kier molecular flexibility index (Phi) is 8.47. The fourth-order valence-corrected chi connectivity index (χ4v) is 1.57. The normalized spacial score (nSPS) is 14.1. The van der Waals surface area contributed by atoms with Gasteiger partial charge in [0.2, 0.25) is 0 Å². The summed E-state index contributed by atoms with van der Waals surface area (Å²) in [5.74, 6) is -0.0598. The summed E-state index contributed by atoms with van der Waals surface area (Å²) in [6.07, 6.45) is 8.83. The van der Waals surface area contributed by atoms with Crippen LogP contribution in [0.15, 0.2) is 35.3 Å². The van der Waals surface area contributed by atoms with Gasteiger partial charge >= 0.3 is 0 Å². The molecule has 0 radical (unpaired) electrons. The minimum atomic E-state index is -0.0598. The molecule has 0 bridgehead atoms. The van der Waals surface area contributed by atoms with Crippen molar-refractivity contribution < 1.29 is 4.39 Å². The summed E-state index contributed by atoms with van der Waals surface area (Å²) in [6, 6.07) is 0. The van der Waals surface area contributed by atoms with Gasteiger partial charge in [-0.25, -0.2) is 4.39 Å². The average molecular weight is 239 g/mol. The van der Waals surface area contributed by atoms with Gasteiger partial charge in [-0.05, 0) is 38.3 Å². The molecule has 0 aliphatic rings. The zero-order chi connectivity index (χ0) is 13.3. The summed E-state index contributed by atoms with van der Waals surface area (Å²) in [7, 11) is 4.02. The van der Waals surface area contributed by atoms with Crippen molar-refractivity contribution in [3.63, 3.8) is 0 Å². The summed E-state index contributed by atoms with van der Waals surface area (Å²) in [6.45, 7) is 6.12. The largest absolute Gasteiger partial charge is 0.381 e. The maximum atomic E-state index is 13.6. The Hall–Kier alpha value is -1.05. The minimum Gasteiger partial charge on any atom is -0.381 e. The van der Waals surface area contributed by atoms with E-state index in [1.807, 2.05) is 27.1 Å². The third-order valence-corrected chi connectivity index (χ3v) is 2.87. The highest BCUT2D eigenvalue weighted by molar-refractivity contribution is 5.19. The Morgan fingerprint density at radius 1 is 1.29 bits per heavy atom. The molecule has 0 atom stereocenters. The van der Waals surface area contributed by atoms with E-state index in [9.17, 15) is 4.39 Å². The van der Waals surface area contributed by atoms with E-state index in [0.717, 1.165) is 19.3 Å². The first-order chi connectivity index (χ1) is 8.02. The van der Waals surface area contributed by atoms with Crippen molar-refractivity contribution >= 4 is 0 Å². The average Bonchev–Trinajstić information content (AvgIpc) is 2.30. The molecule has 0 aromatic heterocycles.